The third-order valence-corrected chi connectivity index (χ3v) is 7.03. The van der Waals surface area contributed by atoms with Crippen LogP contribution >= 0.6 is 11.6 Å². The number of amides is 1. The van der Waals surface area contributed by atoms with Gasteiger partial charge in [0.25, 0.3) is 5.91 Å². The molecule has 0 bridgehead atoms. The number of hydrogen-bond acceptors (Lipinski definition) is 6. The van der Waals surface area contributed by atoms with E-state index in [1.165, 1.54) is 5.56 Å². The number of anilines is 1. The second-order valence-electron chi connectivity index (χ2n) is 9.25. The summed E-state index contributed by atoms with van der Waals surface area (Å²) in [5.74, 6) is 1.13. The smallest absolute Gasteiger partial charge is 0.257 e. The van der Waals surface area contributed by atoms with Gasteiger partial charge in [-0.25, -0.2) is 9.97 Å². The summed E-state index contributed by atoms with van der Waals surface area (Å²) < 4.78 is 5.49. The summed E-state index contributed by atoms with van der Waals surface area (Å²) in [7, 11) is 1.58. The number of ether oxygens (including phenoxy) is 1. The Hall–Kier alpha value is -3.62. The number of carbonyl (C=O) groups excluding carboxylic acids is 1. The topological polar surface area (TPSA) is 95.2 Å². The number of aromatic nitrogens is 3. The number of benzene rings is 2. The van der Waals surface area contributed by atoms with Gasteiger partial charge in [0.1, 0.15) is 17.1 Å². The lowest BCUT2D eigenvalue weighted by atomic mass is 10.0. The van der Waals surface area contributed by atoms with Crippen LogP contribution in [0.2, 0.25) is 5.02 Å². The number of carbonyl (C=O) groups is 1. The van der Waals surface area contributed by atoms with Gasteiger partial charge in [-0.15, -0.1) is 0 Å². The number of nitrogens with zero attached hydrogens (tertiary/aromatic N) is 3. The number of fused-ring (bicyclic) bond motifs is 1. The van der Waals surface area contributed by atoms with E-state index >= 15 is 0 Å². The highest BCUT2D eigenvalue weighted by atomic mass is 35.5. The number of rotatable bonds is 9. The maximum atomic E-state index is 11.4. The number of likely N-dealkylation sites (N-methyl/N-ethyl adjacent to an activating group) is 1. The van der Waals surface area contributed by atoms with Gasteiger partial charge >= 0.3 is 0 Å². The Morgan fingerprint density at radius 1 is 1.14 bits per heavy atom. The molecule has 3 N–H and O–H groups in total. The molecule has 192 valence electrons. The summed E-state index contributed by atoms with van der Waals surface area (Å²) in [6, 6.07) is 18.4. The van der Waals surface area contributed by atoms with E-state index in [1.807, 2.05) is 24.3 Å². The van der Waals surface area contributed by atoms with Crippen molar-refractivity contribution in [1.82, 2.24) is 25.2 Å². The highest BCUT2D eigenvalue weighted by Crippen LogP contribution is 2.32. The number of pyridine rings is 1. The number of likely N-dealkylation sites (tertiary alicyclic amines) is 1. The molecule has 9 heteroatoms. The predicted molar refractivity (Wildman–Crippen MR) is 147 cm³/mol. The molecule has 0 unspecified atom stereocenters. The van der Waals surface area contributed by atoms with Crippen molar-refractivity contribution in [3.05, 3.63) is 71.4 Å². The summed E-state index contributed by atoms with van der Waals surface area (Å²) in [6.45, 7) is 3.16. The minimum absolute atomic E-state index is 0.0239. The van der Waals surface area contributed by atoms with Gasteiger partial charge in [-0.05, 0) is 49.1 Å². The molecule has 0 spiro atoms. The highest BCUT2D eigenvalue weighted by molar-refractivity contribution is 6.34. The summed E-state index contributed by atoms with van der Waals surface area (Å²) in [5, 5.41) is 6.78. The minimum atomic E-state index is -0.179. The summed E-state index contributed by atoms with van der Waals surface area (Å²) in [4.78, 5) is 26.4. The van der Waals surface area contributed by atoms with Crippen LogP contribution in [-0.4, -0.2) is 65.1 Å². The Bertz CT molecular complexity index is 1330. The lowest BCUT2D eigenvalue weighted by Crippen LogP contribution is -2.40. The second-order valence-corrected chi connectivity index (χ2v) is 9.65. The predicted octanol–water partition coefficient (Wildman–Crippen LogP) is 4.52. The molecule has 0 atom stereocenters. The van der Waals surface area contributed by atoms with Crippen LogP contribution in [0.25, 0.3) is 22.6 Å². The fourth-order valence-corrected chi connectivity index (χ4v) is 4.78. The summed E-state index contributed by atoms with van der Waals surface area (Å²) >= 11 is 6.58. The SMILES string of the molecule is CNC(=O)COc1ccc(-c2nc3ncc(Cl)c(NC4CCN(CCc5ccccc5)CC4)c3[nH]2)cc1. The molecule has 5 rings (SSSR count). The largest absolute Gasteiger partial charge is 0.484 e. The first-order valence-electron chi connectivity index (χ1n) is 12.6. The van der Waals surface area contributed by atoms with Crippen LogP contribution in [0.3, 0.4) is 0 Å². The Labute approximate surface area is 221 Å². The molecule has 1 fully saturated rings. The second kappa shape index (κ2) is 11.6. The fraction of sp³-hybridized carbons (Fsp3) is 0.321. The van der Waals surface area contributed by atoms with Crippen LogP contribution in [0.5, 0.6) is 5.75 Å². The van der Waals surface area contributed by atoms with E-state index in [9.17, 15) is 4.79 Å². The van der Waals surface area contributed by atoms with Gasteiger partial charge in [-0.3, -0.25) is 4.79 Å². The first kappa shape index (κ1) is 25.0. The maximum absolute atomic E-state index is 11.4. The van der Waals surface area contributed by atoms with Crippen LogP contribution in [0.4, 0.5) is 5.69 Å². The highest BCUT2D eigenvalue weighted by Gasteiger charge is 2.22. The van der Waals surface area contributed by atoms with Crippen LogP contribution in [-0.2, 0) is 11.2 Å². The Morgan fingerprint density at radius 3 is 2.62 bits per heavy atom. The number of H-pyrrole nitrogens is 1. The van der Waals surface area contributed by atoms with Crippen molar-refractivity contribution < 1.29 is 9.53 Å². The number of piperidine rings is 1. The van der Waals surface area contributed by atoms with E-state index in [0.717, 1.165) is 55.7 Å². The van der Waals surface area contributed by atoms with Gasteiger partial charge in [-0.2, -0.15) is 0 Å². The zero-order chi connectivity index (χ0) is 25.6. The van der Waals surface area contributed by atoms with E-state index in [1.54, 1.807) is 13.2 Å². The molecule has 1 aliphatic rings. The van der Waals surface area contributed by atoms with Gasteiger partial charge in [0.05, 0.1) is 16.9 Å². The first-order valence-corrected chi connectivity index (χ1v) is 13.0. The van der Waals surface area contributed by atoms with Crippen LogP contribution in [0, 0.1) is 0 Å². The van der Waals surface area contributed by atoms with Crippen molar-refractivity contribution in [2.75, 3.05) is 38.6 Å². The molecule has 1 aliphatic heterocycles. The third kappa shape index (κ3) is 6.21. The van der Waals surface area contributed by atoms with Crippen molar-refractivity contribution in [1.29, 1.82) is 0 Å². The lowest BCUT2D eigenvalue weighted by Gasteiger charge is -2.33. The molecule has 0 aliphatic carbocycles. The van der Waals surface area contributed by atoms with E-state index in [0.29, 0.717) is 28.3 Å². The van der Waals surface area contributed by atoms with Crippen molar-refractivity contribution in [3.8, 4) is 17.1 Å². The quantitative estimate of drug-likeness (QED) is 0.301. The van der Waals surface area contributed by atoms with E-state index < -0.39 is 0 Å². The molecular weight excluding hydrogens is 488 g/mol. The van der Waals surface area contributed by atoms with Crippen molar-refractivity contribution in [3.63, 3.8) is 0 Å². The average molecular weight is 519 g/mol. The van der Waals surface area contributed by atoms with Crippen LogP contribution < -0.4 is 15.4 Å². The number of hydrogen-bond donors (Lipinski definition) is 3. The van der Waals surface area contributed by atoms with Gasteiger partial charge < -0.3 is 25.3 Å². The molecule has 3 heterocycles. The summed E-state index contributed by atoms with van der Waals surface area (Å²) in [5.41, 5.74) is 4.53. The molecule has 2 aromatic carbocycles. The van der Waals surface area contributed by atoms with E-state index in [4.69, 9.17) is 16.3 Å². The standard InChI is InChI=1S/C28H31ClN6O2/c1-30-24(36)18-37-22-9-7-20(8-10-22)27-33-26-25(23(29)17-31-28(26)34-27)32-21-12-15-35(16-13-21)14-11-19-5-3-2-4-6-19/h2-10,17,21H,11-16,18H2,1H3,(H,30,36)(H2,31,32,33,34). The number of nitrogens with one attached hydrogen (secondary N) is 3. The molecule has 0 saturated carbocycles. The normalized spacial score (nSPS) is 14.5. The minimum Gasteiger partial charge on any atom is -0.484 e. The molecule has 1 saturated heterocycles. The van der Waals surface area contributed by atoms with Gasteiger partial charge in [-0.1, -0.05) is 41.9 Å². The Balaban J connectivity index is 1.23. The van der Waals surface area contributed by atoms with Crippen molar-refractivity contribution >= 4 is 34.4 Å². The molecule has 1 amide bonds. The Kier molecular flexibility index (Phi) is 7.87. The monoisotopic (exact) mass is 518 g/mol. The van der Waals surface area contributed by atoms with Gasteiger partial charge in [0, 0.05) is 38.3 Å². The number of halogens is 1. The average Bonchev–Trinajstić information content (AvgIpc) is 3.38. The van der Waals surface area contributed by atoms with Crippen molar-refractivity contribution in [2.24, 2.45) is 0 Å². The van der Waals surface area contributed by atoms with Gasteiger partial charge in [0.2, 0.25) is 0 Å². The fourth-order valence-electron chi connectivity index (χ4n) is 4.58. The van der Waals surface area contributed by atoms with E-state index in [2.05, 4.69) is 60.8 Å². The van der Waals surface area contributed by atoms with Gasteiger partial charge in [0.15, 0.2) is 12.3 Å². The van der Waals surface area contributed by atoms with E-state index in [-0.39, 0.29) is 12.5 Å². The lowest BCUT2D eigenvalue weighted by molar-refractivity contribution is -0.122. The maximum Gasteiger partial charge on any atom is 0.257 e. The third-order valence-electron chi connectivity index (χ3n) is 6.75. The van der Waals surface area contributed by atoms with Crippen LogP contribution in [0.1, 0.15) is 18.4 Å². The molecular formula is C28H31ClN6O2. The Morgan fingerprint density at radius 2 is 1.89 bits per heavy atom. The summed E-state index contributed by atoms with van der Waals surface area (Å²) in [6.07, 6.45) is 4.83. The molecule has 2 aromatic heterocycles. The molecule has 0 radical (unpaired) electrons. The molecule has 8 nitrogen and oxygen atoms in total. The number of aromatic amines is 1. The molecule has 37 heavy (non-hydrogen) atoms. The van der Waals surface area contributed by atoms with Crippen molar-refractivity contribution in [2.45, 2.75) is 25.3 Å². The zero-order valence-electron chi connectivity index (χ0n) is 20.8. The number of imidazole rings is 1. The first-order chi connectivity index (χ1) is 18.1. The zero-order valence-corrected chi connectivity index (χ0v) is 21.6. The molecule has 4 aromatic rings. The van der Waals surface area contributed by atoms with Crippen LogP contribution in [0.15, 0.2) is 60.8 Å².